The van der Waals surface area contributed by atoms with Gasteiger partial charge < -0.3 is 29.0 Å². The van der Waals surface area contributed by atoms with Gasteiger partial charge in [-0.2, -0.15) is 0 Å². The van der Waals surface area contributed by atoms with Crippen molar-refractivity contribution in [3.05, 3.63) is 41.5 Å². The number of nitrogens with one attached hydrogen (secondary N) is 1. The minimum absolute atomic E-state index is 0.0971. The lowest BCUT2D eigenvalue weighted by atomic mass is 9.95. The number of amides is 1. The van der Waals surface area contributed by atoms with E-state index in [-0.39, 0.29) is 24.3 Å². The van der Waals surface area contributed by atoms with Crippen LogP contribution in [0.1, 0.15) is 37.4 Å². The summed E-state index contributed by atoms with van der Waals surface area (Å²) in [4.78, 5) is 12.9. The van der Waals surface area contributed by atoms with Crippen LogP contribution in [0.4, 0.5) is 0 Å². The number of carbonyl (C=O) groups excluding carboxylic acids is 1. The van der Waals surface area contributed by atoms with Crippen molar-refractivity contribution in [2.45, 2.75) is 32.7 Å². The lowest BCUT2D eigenvalue weighted by molar-refractivity contribution is -0.121. The lowest BCUT2D eigenvalue weighted by Gasteiger charge is -2.24. The molecule has 1 unspecified atom stereocenters. The molecule has 1 N–H and O–H groups in total. The molecule has 168 valence electrons. The average molecular weight is 430 g/mol. The summed E-state index contributed by atoms with van der Waals surface area (Å²) >= 11 is 0. The highest BCUT2D eigenvalue weighted by Gasteiger charge is 2.22. The second kappa shape index (κ2) is 10.3. The van der Waals surface area contributed by atoms with E-state index in [1.807, 2.05) is 18.2 Å². The third-order valence-electron chi connectivity index (χ3n) is 5.20. The minimum Gasteiger partial charge on any atom is -0.493 e. The fourth-order valence-electron chi connectivity index (χ4n) is 3.66. The predicted molar refractivity (Wildman–Crippen MR) is 118 cm³/mol. The van der Waals surface area contributed by atoms with E-state index >= 15 is 0 Å². The van der Waals surface area contributed by atoms with Crippen LogP contribution in [-0.2, 0) is 11.2 Å². The Morgan fingerprint density at radius 2 is 1.61 bits per heavy atom. The van der Waals surface area contributed by atoms with Gasteiger partial charge in [-0.1, -0.05) is 19.9 Å². The molecule has 0 aliphatic carbocycles. The van der Waals surface area contributed by atoms with Gasteiger partial charge in [-0.15, -0.1) is 0 Å². The van der Waals surface area contributed by atoms with Crippen molar-refractivity contribution >= 4 is 5.91 Å². The van der Waals surface area contributed by atoms with Gasteiger partial charge in [0.05, 0.1) is 47.0 Å². The van der Waals surface area contributed by atoms with Gasteiger partial charge in [-0.05, 0) is 41.3 Å². The van der Waals surface area contributed by atoms with Crippen LogP contribution >= 0.6 is 0 Å². The molecule has 1 aliphatic rings. The summed E-state index contributed by atoms with van der Waals surface area (Å²) in [7, 11) is 4.66. The van der Waals surface area contributed by atoms with Gasteiger partial charge in [-0.25, -0.2) is 0 Å². The third kappa shape index (κ3) is 5.34. The van der Waals surface area contributed by atoms with E-state index in [1.54, 1.807) is 33.5 Å². The standard InChI is InChI=1S/C24H31NO6/c1-15(2)23(17-7-8-18-19(14-17)31-10-6-9-30-18)25-22(26)13-16-11-20(27-3)24(29-5)21(12-16)28-4/h7-8,11-12,14-15,23H,6,9-10,13H2,1-5H3,(H,25,26). The summed E-state index contributed by atoms with van der Waals surface area (Å²) < 4.78 is 27.7. The Morgan fingerprint density at radius 1 is 0.968 bits per heavy atom. The molecule has 0 saturated carbocycles. The number of methoxy groups -OCH3 is 3. The summed E-state index contributed by atoms with van der Waals surface area (Å²) in [6.07, 6.45) is 1.04. The van der Waals surface area contributed by atoms with Crippen LogP contribution < -0.4 is 29.0 Å². The van der Waals surface area contributed by atoms with Crippen molar-refractivity contribution in [3.8, 4) is 28.7 Å². The molecule has 0 bridgehead atoms. The topological polar surface area (TPSA) is 75.3 Å². The van der Waals surface area contributed by atoms with Gasteiger partial charge in [0.1, 0.15) is 0 Å². The molecule has 1 amide bonds. The van der Waals surface area contributed by atoms with E-state index in [4.69, 9.17) is 23.7 Å². The van der Waals surface area contributed by atoms with E-state index in [2.05, 4.69) is 19.2 Å². The monoisotopic (exact) mass is 429 g/mol. The van der Waals surface area contributed by atoms with E-state index in [0.29, 0.717) is 30.5 Å². The zero-order chi connectivity index (χ0) is 22.4. The molecule has 1 atom stereocenters. The zero-order valence-corrected chi connectivity index (χ0v) is 18.8. The number of benzene rings is 2. The number of fused-ring (bicyclic) bond motifs is 1. The molecular formula is C24H31NO6. The van der Waals surface area contributed by atoms with Crippen molar-refractivity contribution in [2.75, 3.05) is 34.5 Å². The second-order valence-corrected chi connectivity index (χ2v) is 7.76. The summed E-state index contributed by atoms with van der Waals surface area (Å²) in [5.74, 6) is 3.10. The highest BCUT2D eigenvalue weighted by Crippen LogP contribution is 2.38. The molecule has 7 nitrogen and oxygen atoms in total. The predicted octanol–water partition coefficient (Wildman–Crippen LogP) is 3.93. The molecule has 31 heavy (non-hydrogen) atoms. The van der Waals surface area contributed by atoms with Crippen LogP contribution in [0.3, 0.4) is 0 Å². The molecule has 0 saturated heterocycles. The van der Waals surface area contributed by atoms with Crippen molar-refractivity contribution in [2.24, 2.45) is 5.92 Å². The normalized spacial score (nSPS) is 13.9. The highest BCUT2D eigenvalue weighted by atomic mass is 16.5. The maximum Gasteiger partial charge on any atom is 0.224 e. The molecule has 3 rings (SSSR count). The molecule has 0 aromatic heterocycles. The fraction of sp³-hybridized carbons (Fsp3) is 0.458. The number of ether oxygens (including phenoxy) is 5. The molecule has 2 aromatic carbocycles. The van der Waals surface area contributed by atoms with Crippen LogP contribution in [0.5, 0.6) is 28.7 Å². The maximum atomic E-state index is 12.9. The Bertz CT molecular complexity index is 886. The summed E-state index contributed by atoms with van der Waals surface area (Å²) in [5, 5.41) is 3.16. The Balaban J connectivity index is 1.78. The smallest absolute Gasteiger partial charge is 0.224 e. The van der Waals surface area contributed by atoms with Crippen LogP contribution in [0.25, 0.3) is 0 Å². The first-order valence-corrected chi connectivity index (χ1v) is 10.4. The molecule has 1 heterocycles. The van der Waals surface area contributed by atoms with Crippen molar-refractivity contribution in [3.63, 3.8) is 0 Å². The first kappa shape index (κ1) is 22.6. The summed E-state index contributed by atoms with van der Waals surface area (Å²) in [5.41, 5.74) is 1.76. The minimum atomic E-state index is -0.160. The molecule has 1 aliphatic heterocycles. The highest BCUT2D eigenvalue weighted by molar-refractivity contribution is 5.79. The van der Waals surface area contributed by atoms with Crippen LogP contribution in [0.15, 0.2) is 30.3 Å². The Morgan fingerprint density at radius 3 is 2.19 bits per heavy atom. The fourth-order valence-corrected chi connectivity index (χ4v) is 3.66. The van der Waals surface area contributed by atoms with Crippen molar-refractivity contribution in [1.82, 2.24) is 5.32 Å². The molecule has 2 aromatic rings. The quantitative estimate of drug-likeness (QED) is 0.685. The third-order valence-corrected chi connectivity index (χ3v) is 5.20. The van der Waals surface area contributed by atoms with Crippen LogP contribution in [0.2, 0.25) is 0 Å². The SMILES string of the molecule is COc1cc(CC(=O)NC(c2ccc3c(c2)OCCCO3)C(C)C)cc(OC)c1OC. The number of rotatable bonds is 8. The summed E-state index contributed by atoms with van der Waals surface area (Å²) in [6, 6.07) is 9.28. The summed E-state index contributed by atoms with van der Waals surface area (Å²) in [6.45, 7) is 5.42. The van der Waals surface area contributed by atoms with Crippen molar-refractivity contribution < 1.29 is 28.5 Å². The molecular weight excluding hydrogens is 398 g/mol. The van der Waals surface area contributed by atoms with E-state index in [1.165, 1.54) is 0 Å². The largest absolute Gasteiger partial charge is 0.493 e. The van der Waals surface area contributed by atoms with E-state index in [9.17, 15) is 4.79 Å². The van der Waals surface area contributed by atoms with Crippen molar-refractivity contribution in [1.29, 1.82) is 0 Å². The molecule has 0 spiro atoms. The van der Waals surface area contributed by atoms with Gasteiger partial charge in [0.25, 0.3) is 0 Å². The molecule has 7 heteroatoms. The molecule has 0 fully saturated rings. The van der Waals surface area contributed by atoms with Gasteiger partial charge in [0, 0.05) is 6.42 Å². The van der Waals surface area contributed by atoms with Gasteiger partial charge in [0.2, 0.25) is 11.7 Å². The Kier molecular flexibility index (Phi) is 7.50. The number of hydrogen-bond acceptors (Lipinski definition) is 6. The first-order valence-electron chi connectivity index (χ1n) is 10.4. The van der Waals surface area contributed by atoms with E-state index in [0.717, 1.165) is 29.0 Å². The van der Waals surface area contributed by atoms with Crippen LogP contribution in [0, 0.1) is 5.92 Å². The zero-order valence-electron chi connectivity index (χ0n) is 18.8. The van der Waals surface area contributed by atoms with Gasteiger partial charge >= 0.3 is 0 Å². The van der Waals surface area contributed by atoms with Gasteiger partial charge in [0.15, 0.2) is 23.0 Å². The maximum absolute atomic E-state index is 12.9. The lowest BCUT2D eigenvalue weighted by Crippen LogP contribution is -2.32. The Labute approximate surface area is 183 Å². The average Bonchev–Trinajstić information content (AvgIpc) is 3.01. The number of hydrogen-bond donors (Lipinski definition) is 1. The van der Waals surface area contributed by atoms with E-state index < -0.39 is 0 Å². The number of carbonyl (C=O) groups is 1. The van der Waals surface area contributed by atoms with Gasteiger partial charge in [-0.3, -0.25) is 4.79 Å². The van der Waals surface area contributed by atoms with Crippen LogP contribution in [-0.4, -0.2) is 40.5 Å². The molecule has 0 radical (unpaired) electrons. The Hall–Kier alpha value is -3.09. The first-order chi connectivity index (χ1) is 15.0. The second-order valence-electron chi connectivity index (χ2n) is 7.76.